The monoisotopic (exact) mass is 312 g/mol. The SMILES string of the molecule is Nc1ccc(CC2Oc3ccccc3N(CC(=O)O)C2=O)cc1. The molecule has 0 aromatic heterocycles. The third kappa shape index (κ3) is 3.11. The molecule has 1 atom stereocenters. The number of nitrogen functional groups attached to an aromatic ring is 1. The van der Waals surface area contributed by atoms with Crippen molar-refractivity contribution in [2.75, 3.05) is 17.2 Å². The van der Waals surface area contributed by atoms with Gasteiger partial charge in [0.25, 0.3) is 5.91 Å². The first-order chi connectivity index (χ1) is 11.0. The van der Waals surface area contributed by atoms with E-state index in [0.717, 1.165) is 5.56 Å². The number of benzene rings is 2. The van der Waals surface area contributed by atoms with Crippen LogP contribution in [0.1, 0.15) is 5.56 Å². The van der Waals surface area contributed by atoms with Crippen molar-refractivity contribution in [3.05, 3.63) is 54.1 Å². The number of hydrogen-bond acceptors (Lipinski definition) is 4. The van der Waals surface area contributed by atoms with E-state index in [-0.39, 0.29) is 5.91 Å². The summed E-state index contributed by atoms with van der Waals surface area (Å²) in [6.45, 7) is -0.391. The van der Waals surface area contributed by atoms with Crippen LogP contribution in [0.15, 0.2) is 48.5 Å². The molecule has 0 aliphatic carbocycles. The summed E-state index contributed by atoms with van der Waals surface area (Å²) in [6.07, 6.45) is -0.406. The number of nitrogens with two attached hydrogens (primary N) is 1. The van der Waals surface area contributed by atoms with Crippen molar-refractivity contribution in [1.29, 1.82) is 0 Å². The molecule has 2 aromatic carbocycles. The largest absolute Gasteiger partial charge is 0.480 e. The maximum atomic E-state index is 12.6. The molecule has 0 saturated heterocycles. The number of carboxylic acids is 1. The molecule has 0 bridgehead atoms. The molecule has 23 heavy (non-hydrogen) atoms. The minimum absolute atomic E-state index is 0.351. The van der Waals surface area contributed by atoms with Gasteiger partial charge in [-0.15, -0.1) is 0 Å². The second-order valence-electron chi connectivity index (χ2n) is 5.34. The Balaban J connectivity index is 1.89. The zero-order valence-electron chi connectivity index (χ0n) is 12.3. The van der Waals surface area contributed by atoms with E-state index in [9.17, 15) is 9.59 Å². The van der Waals surface area contributed by atoms with Crippen LogP contribution in [0, 0.1) is 0 Å². The number of ether oxygens (including phenoxy) is 1. The van der Waals surface area contributed by atoms with Crippen LogP contribution in [0.4, 0.5) is 11.4 Å². The van der Waals surface area contributed by atoms with Crippen LogP contribution in [0.5, 0.6) is 5.75 Å². The molecule has 1 unspecified atom stereocenters. The first-order valence-electron chi connectivity index (χ1n) is 7.18. The molecule has 6 nitrogen and oxygen atoms in total. The standard InChI is InChI=1S/C17H16N2O4/c18-12-7-5-11(6-8-12)9-15-17(22)19(10-16(20)21)13-3-1-2-4-14(13)23-15/h1-8,15H,9-10,18H2,(H,20,21). The van der Waals surface area contributed by atoms with Crippen molar-refractivity contribution in [1.82, 2.24) is 0 Å². The van der Waals surface area contributed by atoms with Crippen LogP contribution in [0.2, 0.25) is 0 Å². The maximum Gasteiger partial charge on any atom is 0.323 e. The maximum absolute atomic E-state index is 12.6. The number of rotatable bonds is 4. The lowest BCUT2D eigenvalue weighted by Gasteiger charge is -2.33. The number of carbonyl (C=O) groups is 2. The van der Waals surface area contributed by atoms with E-state index in [1.807, 2.05) is 12.1 Å². The minimum Gasteiger partial charge on any atom is -0.480 e. The zero-order valence-corrected chi connectivity index (χ0v) is 12.3. The molecule has 3 rings (SSSR count). The van der Waals surface area contributed by atoms with Gasteiger partial charge in [0, 0.05) is 12.1 Å². The van der Waals surface area contributed by atoms with Crippen molar-refractivity contribution in [2.45, 2.75) is 12.5 Å². The summed E-state index contributed by atoms with van der Waals surface area (Å²) in [6, 6.07) is 14.1. The summed E-state index contributed by atoms with van der Waals surface area (Å²) >= 11 is 0. The van der Waals surface area contributed by atoms with Gasteiger partial charge in [0.05, 0.1) is 5.69 Å². The van der Waals surface area contributed by atoms with Gasteiger partial charge in [-0.25, -0.2) is 0 Å². The number of nitrogens with zero attached hydrogens (tertiary/aromatic N) is 1. The van der Waals surface area contributed by atoms with Crippen LogP contribution in [-0.4, -0.2) is 29.6 Å². The van der Waals surface area contributed by atoms with Crippen molar-refractivity contribution in [3.63, 3.8) is 0 Å². The highest BCUT2D eigenvalue weighted by Gasteiger charge is 2.35. The van der Waals surface area contributed by atoms with E-state index < -0.39 is 18.6 Å². The molecule has 118 valence electrons. The number of para-hydroxylation sites is 2. The molecule has 0 radical (unpaired) electrons. The molecule has 3 N–H and O–H groups in total. The molecule has 2 aromatic rings. The van der Waals surface area contributed by atoms with Crippen molar-refractivity contribution in [2.24, 2.45) is 0 Å². The van der Waals surface area contributed by atoms with Crippen LogP contribution >= 0.6 is 0 Å². The highest BCUT2D eigenvalue weighted by atomic mass is 16.5. The smallest absolute Gasteiger partial charge is 0.323 e. The van der Waals surface area contributed by atoms with Gasteiger partial charge in [0.15, 0.2) is 6.10 Å². The van der Waals surface area contributed by atoms with Gasteiger partial charge < -0.3 is 15.6 Å². The molecule has 6 heteroatoms. The lowest BCUT2D eigenvalue weighted by atomic mass is 10.0. The first-order valence-corrected chi connectivity index (χ1v) is 7.18. The summed E-state index contributed by atoms with van der Waals surface area (Å²) in [4.78, 5) is 24.9. The van der Waals surface area contributed by atoms with Gasteiger partial charge in [-0.3, -0.25) is 14.5 Å². The van der Waals surface area contributed by atoms with E-state index in [4.69, 9.17) is 15.6 Å². The van der Waals surface area contributed by atoms with Gasteiger partial charge >= 0.3 is 5.97 Å². The highest BCUT2D eigenvalue weighted by molar-refractivity contribution is 6.03. The number of aliphatic carboxylic acids is 1. The van der Waals surface area contributed by atoms with Crippen LogP contribution in [-0.2, 0) is 16.0 Å². The summed E-state index contributed by atoms with van der Waals surface area (Å²) in [5.74, 6) is -0.919. The second kappa shape index (κ2) is 6.00. The second-order valence-corrected chi connectivity index (χ2v) is 5.34. The number of carboxylic acid groups (broad SMARTS) is 1. The quantitative estimate of drug-likeness (QED) is 0.838. The molecule has 0 spiro atoms. The average Bonchev–Trinajstić information content (AvgIpc) is 2.53. The van der Waals surface area contributed by atoms with E-state index in [1.165, 1.54) is 4.90 Å². The van der Waals surface area contributed by atoms with Gasteiger partial charge in [0.2, 0.25) is 0 Å². The molecule has 0 fully saturated rings. The van der Waals surface area contributed by atoms with E-state index >= 15 is 0 Å². The van der Waals surface area contributed by atoms with Crippen LogP contribution in [0.25, 0.3) is 0 Å². The molecule has 0 saturated carbocycles. The van der Waals surface area contributed by atoms with Crippen molar-refractivity contribution in [3.8, 4) is 5.75 Å². The summed E-state index contributed by atoms with van der Waals surface area (Å²) in [7, 11) is 0. The van der Waals surface area contributed by atoms with Gasteiger partial charge in [0.1, 0.15) is 12.3 Å². The normalized spacial score (nSPS) is 16.6. The lowest BCUT2D eigenvalue weighted by Crippen LogP contribution is -2.48. The Morgan fingerprint density at radius 1 is 1.17 bits per heavy atom. The Kier molecular flexibility index (Phi) is 3.89. The first kappa shape index (κ1) is 14.9. The molecule has 1 aliphatic rings. The Labute approximate surface area is 133 Å². The van der Waals surface area contributed by atoms with E-state index in [0.29, 0.717) is 23.5 Å². The molecular weight excluding hydrogens is 296 g/mol. The highest BCUT2D eigenvalue weighted by Crippen LogP contribution is 2.34. The van der Waals surface area contributed by atoms with Crippen LogP contribution in [0.3, 0.4) is 0 Å². The number of anilines is 2. The van der Waals surface area contributed by atoms with Gasteiger partial charge in [-0.1, -0.05) is 24.3 Å². The van der Waals surface area contributed by atoms with E-state index in [1.54, 1.807) is 36.4 Å². The molecule has 1 amide bonds. The number of carbonyl (C=O) groups excluding carboxylic acids is 1. The van der Waals surface area contributed by atoms with Gasteiger partial charge in [-0.2, -0.15) is 0 Å². The fourth-order valence-electron chi connectivity index (χ4n) is 2.57. The van der Waals surface area contributed by atoms with Crippen molar-refractivity contribution >= 4 is 23.3 Å². The lowest BCUT2D eigenvalue weighted by molar-refractivity contribution is -0.137. The Hall–Kier alpha value is -3.02. The third-order valence-electron chi connectivity index (χ3n) is 3.66. The Bertz CT molecular complexity index is 743. The zero-order chi connectivity index (χ0) is 16.4. The number of fused-ring (bicyclic) bond motifs is 1. The van der Waals surface area contributed by atoms with Gasteiger partial charge in [-0.05, 0) is 29.8 Å². The Morgan fingerprint density at radius 3 is 2.57 bits per heavy atom. The predicted molar refractivity (Wildman–Crippen MR) is 85.4 cm³/mol. The van der Waals surface area contributed by atoms with Crippen molar-refractivity contribution < 1.29 is 19.4 Å². The molecule has 1 heterocycles. The fourth-order valence-corrected chi connectivity index (χ4v) is 2.57. The average molecular weight is 312 g/mol. The number of hydrogen-bond donors (Lipinski definition) is 2. The Morgan fingerprint density at radius 2 is 1.87 bits per heavy atom. The molecular formula is C17H16N2O4. The fraction of sp³-hybridized carbons (Fsp3) is 0.176. The minimum atomic E-state index is -1.07. The summed E-state index contributed by atoms with van der Waals surface area (Å²) in [5.41, 5.74) is 7.67. The summed E-state index contributed by atoms with van der Waals surface area (Å²) < 4.78 is 5.77. The molecule has 1 aliphatic heterocycles. The number of amides is 1. The third-order valence-corrected chi connectivity index (χ3v) is 3.66. The predicted octanol–water partition coefficient (Wildman–Crippen LogP) is 1.69. The van der Waals surface area contributed by atoms with E-state index in [2.05, 4.69) is 0 Å². The summed E-state index contributed by atoms with van der Waals surface area (Å²) in [5, 5.41) is 9.07. The topological polar surface area (TPSA) is 92.9 Å². The van der Waals surface area contributed by atoms with Crippen LogP contribution < -0.4 is 15.4 Å².